The Morgan fingerprint density at radius 2 is 1.91 bits per heavy atom. The van der Waals surface area contributed by atoms with Crippen molar-refractivity contribution in [1.29, 1.82) is 0 Å². The van der Waals surface area contributed by atoms with Crippen molar-refractivity contribution in [3.63, 3.8) is 0 Å². The molecule has 1 amide bonds. The first-order chi connectivity index (χ1) is 10.5. The van der Waals surface area contributed by atoms with Crippen LogP contribution in [0.3, 0.4) is 0 Å². The van der Waals surface area contributed by atoms with Gasteiger partial charge in [-0.15, -0.1) is 0 Å². The van der Waals surface area contributed by atoms with Gasteiger partial charge in [-0.3, -0.25) is 9.48 Å². The number of aromatic nitrogens is 2. The summed E-state index contributed by atoms with van der Waals surface area (Å²) in [6, 6.07) is 0.628. The van der Waals surface area contributed by atoms with Gasteiger partial charge in [0.15, 0.2) is 0 Å². The number of hydrogen-bond acceptors (Lipinski definition) is 3. The highest BCUT2D eigenvalue weighted by Gasteiger charge is 2.16. The van der Waals surface area contributed by atoms with Gasteiger partial charge in [0.25, 0.3) is 5.91 Å². The third-order valence-corrected chi connectivity index (χ3v) is 4.23. The van der Waals surface area contributed by atoms with Crippen molar-refractivity contribution in [2.75, 3.05) is 13.1 Å². The lowest BCUT2D eigenvalue weighted by molar-refractivity contribution is 0.0953. The minimum Gasteiger partial charge on any atom is -0.351 e. The second-order valence-electron chi connectivity index (χ2n) is 7.24. The van der Waals surface area contributed by atoms with Crippen molar-refractivity contribution in [3.05, 3.63) is 18.0 Å². The van der Waals surface area contributed by atoms with Crippen LogP contribution in [0, 0.1) is 0 Å². The molecule has 0 spiro atoms. The summed E-state index contributed by atoms with van der Waals surface area (Å²) in [6.45, 7) is 7.70. The van der Waals surface area contributed by atoms with E-state index in [0.717, 1.165) is 6.54 Å². The van der Waals surface area contributed by atoms with Gasteiger partial charge < -0.3 is 10.6 Å². The van der Waals surface area contributed by atoms with Gasteiger partial charge >= 0.3 is 0 Å². The van der Waals surface area contributed by atoms with Crippen molar-refractivity contribution in [3.8, 4) is 0 Å². The second kappa shape index (κ2) is 7.77. The van der Waals surface area contributed by atoms with Gasteiger partial charge in [-0.2, -0.15) is 5.10 Å². The van der Waals surface area contributed by atoms with Crippen LogP contribution in [0.25, 0.3) is 0 Å². The Morgan fingerprint density at radius 1 is 1.23 bits per heavy atom. The van der Waals surface area contributed by atoms with Crippen LogP contribution in [0.1, 0.15) is 69.7 Å². The summed E-state index contributed by atoms with van der Waals surface area (Å²) in [5.41, 5.74) is 0.531. The van der Waals surface area contributed by atoms with E-state index in [-0.39, 0.29) is 11.4 Å². The summed E-state index contributed by atoms with van der Waals surface area (Å²) >= 11 is 0. The summed E-state index contributed by atoms with van der Waals surface area (Å²) in [5, 5.41) is 10.8. The van der Waals surface area contributed by atoms with Crippen LogP contribution < -0.4 is 10.6 Å². The molecule has 0 aliphatic heterocycles. The first-order valence-corrected chi connectivity index (χ1v) is 8.53. The number of nitrogens with one attached hydrogen (secondary N) is 2. The minimum atomic E-state index is -0.0976. The van der Waals surface area contributed by atoms with Crippen molar-refractivity contribution >= 4 is 5.91 Å². The Labute approximate surface area is 133 Å². The fraction of sp³-hybridized carbons (Fsp3) is 0.765. The van der Waals surface area contributed by atoms with E-state index >= 15 is 0 Å². The second-order valence-corrected chi connectivity index (χ2v) is 7.24. The van der Waals surface area contributed by atoms with Crippen molar-refractivity contribution < 1.29 is 4.79 Å². The topological polar surface area (TPSA) is 59.0 Å². The van der Waals surface area contributed by atoms with Gasteiger partial charge in [-0.05, 0) is 33.6 Å². The normalized spacial score (nSPS) is 17.2. The molecule has 0 bridgehead atoms. The number of carbonyl (C=O) groups excluding carboxylic acids is 1. The van der Waals surface area contributed by atoms with E-state index in [1.807, 2.05) is 10.9 Å². The van der Waals surface area contributed by atoms with Crippen molar-refractivity contribution in [1.82, 2.24) is 20.4 Å². The number of nitrogens with zero attached hydrogens (tertiary/aromatic N) is 2. The molecule has 1 aromatic rings. The van der Waals surface area contributed by atoms with Gasteiger partial charge in [0.2, 0.25) is 0 Å². The van der Waals surface area contributed by atoms with E-state index in [0.29, 0.717) is 18.2 Å². The van der Waals surface area contributed by atoms with Crippen molar-refractivity contribution in [2.24, 2.45) is 0 Å². The molecular formula is C17H30N4O. The summed E-state index contributed by atoms with van der Waals surface area (Å²) < 4.78 is 1.83. The van der Waals surface area contributed by atoms with E-state index < -0.39 is 0 Å². The van der Waals surface area contributed by atoms with Crippen LogP contribution in [0.15, 0.2) is 12.4 Å². The lowest BCUT2D eigenvalue weighted by Gasteiger charge is -2.18. The van der Waals surface area contributed by atoms with Crippen LogP contribution in [-0.4, -0.2) is 34.8 Å². The molecular weight excluding hydrogens is 276 g/mol. The Balaban J connectivity index is 1.70. The molecule has 2 N–H and O–H groups in total. The van der Waals surface area contributed by atoms with E-state index in [9.17, 15) is 4.79 Å². The highest BCUT2D eigenvalue weighted by Crippen LogP contribution is 2.17. The molecule has 1 aromatic heterocycles. The molecule has 5 nitrogen and oxygen atoms in total. The first kappa shape index (κ1) is 17.0. The van der Waals surface area contributed by atoms with Crippen LogP contribution in [-0.2, 0) is 5.54 Å². The highest BCUT2D eigenvalue weighted by molar-refractivity contribution is 5.93. The van der Waals surface area contributed by atoms with Crippen molar-refractivity contribution in [2.45, 2.75) is 70.9 Å². The monoisotopic (exact) mass is 306 g/mol. The maximum atomic E-state index is 12.1. The summed E-state index contributed by atoms with van der Waals surface area (Å²) in [4.78, 5) is 12.1. The van der Waals surface area contributed by atoms with Gasteiger partial charge in [-0.1, -0.05) is 25.7 Å². The van der Waals surface area contributed by atoms with E-state index in [4.69, 9.17) is 0 Å². The number of amides is 1. The summed E-state index contributed by atoms with van der Waals surface area (Å²) in [6.07, 6.45) is 11.4. The maximum Gasteiger partial charge on any atom is 0.254 e. The third kappa shape index (κ3) is 5.13. The molecule has 0 saturated heterocycles. The van der Waals surface area contributed by atoms with Crippen LogP contribution >= 0.6 is 0 Å². The zero-order chi connectivity index (χ0) is 16.0. The molecule has 2 rings (SSSR count). The SMILES string of the molecule is CC(C)(C)n1cc(C(=O)NCCNC2CCCCCC2)cn1. The fourth-order valence-corrected chi connectivity index (χ4v) is 2.84. The molecule has 0 unspecified atom stereocenters. The number of carbonyl (C=O) groups is 1. The third-order valence-electron chi connectivity index (χ3n) is 4.23. The smallest absolute Gasteiger partial charge is 0.254 e. The highest BCUT2D eigenvalue weighted by atomic mass is 16.1. The standard InChI is InChI=1S/C17H30N4O/c1-17(2,3)21-13-14(12-20-21)16(22)19-11-10-18-15-8-6-4-5-7-9-15/h12-13,15,18H,4-11H2,1-3H3,(H,19,22). The van der Waals surface area contributed by atoms with E-state index in [1.165, 1.54) is 38.5 Å². The largest absolute Gasteiger partial charge is 0.351 e. The Morgan fingerprint density at radius 3 is 2.50 bits per heavy atom. The predicted molar refractivity (Wildman–Crippen MR) is 89.0 cm³/mol. The number of rotatable bonds is 5. The predicted octanol–water partition coefficient (Wildman–Crippen LogP) is 2.68. The van der Waals surface area contributed by atoms with Gasteiger partial charge in [0.1, 0.15) is 0 Å². The molecule has 0 atom stereocenters. The fourth-order valence-electron chi connectivity index (χ4n) is 2.84. The molecule has 0 aromatic carbocycles. The Kier molecular flexibility index (Phi) is 6.00. The average molecular weight is 306 g/mol. The van der Waals surface area contributed by atoms with Crippen LogP contribution in [0.5, 0.6) is 0 Å². The van der Waals surface area contributed by atoms with E-state index in [1.54, 1.807) is 6.20 Å². The molecule has 1 aliphatic rings. The van der Waals surface area contributed by atoms with E-state index in [2.05, 4.69) is 36.5 Å². The molecule has 1 aliphatic carbocycles. The molecule has 1 saturated carbocycles. The minimum absolute atomic E-state index is 0.0434. The van der Waals surface area contributed by atoms with Crippen LogP contribution in [0.2, 0.25) is 0 Å². The zero-order valence-electron chi connectivity index (χ0n) is 14.2. The average Bonchev–Trinajstić information content (AvgIpc) is 2.83. The molecule has 1 fully saturated rings. The maximum absolute atomic E-state index is 12.1. The lowest BCUT2D eigenvalue weighted by atomic mass is 10.1. The first-order valence-electron chi connectivity index (χ1n) is 8.53. The summed E-state index contributed by atoms with van der Waals surface area (Å²) in [7, 11) is 0. The molecule has 124 valence electrons. The lowest BCUT2D eigenvalue weighted by Crippen LogP contribution is -2.36. The van der Waals surface area contributed by atoms with Gasteiger partial charge in [-0.25, -0.2) is 0 Å². The molecule has 1 heterocycles. The molecule has 5 heteroatoms. The molecule has 0 radical (unpaired) electrons. The van der Waals surface area contributed by atoms with Gasteiger partial charge in [0, 0.05) is 25.3 Å². The zero-order valence-corrected chi connectivity index (χ0v) is 14.2. The Hall–Kier alpha value is -1.36. The Bertz CT molecular complexity index is 467. The molecule has 22 heavy (non-hydrogen) atoms. The summed E-state index contributed by atoms with van der Waals surface area (Å²) in [5.74, 6) is -0.0434. The number of hydrogen-bond donors (Lipinski definition) is 2. The quantitative estimate of drug-likeness (QED) is 0.649. The van der Waals surface area contributed by atoms with Gasteiger partial charge in [0.05, 0.1) is 17.3 Å². The van der Waals surface area contributed by atoms with Crippen LogP contribution in [0.4, 0.5) is 0 Å².